The molecule has 4 heteroatoms. The van der Waals surface area contributed by atoms with Crippen molar-refractivity contribution >= 4 is 22.7 Å². The van der Waals surface area contributed by atoms with Crippen molar-refractivity contribution in [3.63, 3.8) is 0 Å². The molecule has 84 valence electrons. The molecular formula is C12H14N2S2. The Labute approximate surface area is 103 Å². The van der Waals surface area contributed by atoms with Crippen LogP contribution < -0.4 is 5.32 Å². The van der Waals surface area contributed by atoms with Crippen LogP contribution in [0.5, 0.6) is 0 Å². The topological polar surface area (TPSA) is 24.9 Å². The van der Waals surface area contributed by atoms with Gasteiger partial charge in [-0.2, -0.15) is 0 Å². The van der Waals surface area contributed by atoms with Gasteiger partial charge < -0.3 is 5.32 Å². The number of piperidine rings is 1. The molecule has 0 saturated carbocycles. The first-order valence-electron chi connectivity index (χ1n) is 5.63. The molecule has 3 heterocycles. The standard InChI is InChI=1S/C12H14N2S2/c1-2-11(15-7-1)10-8-16-12(14-10)9-3-5-13-6-4-9/h1-2,7-9,13H,3-6H2. The van der Waals surface area contributed by atoms with Gasteiger partial charge in [-0.3, -0.25) is 0 Å². The van der Waals surface area contributed by atoms with Gasteiger partial charge in [0.25, 0.3) is 0 Å². The van der Waals surface area contributed by atoms with Crippen LogP contribution in [0.3, 0.4) is 0 Å². The molecule has 2 nitrogen and oxygen atoms in total. The highest BCUT2D eigenvalue weighted by Gasteiger charge is 2.18. The van der Waals surface area contributed by atoms with Gasteiger partial charge in [-0.25, -0.2) is 4.98 Å². The Hall–Kier alpha value is -0.710. The van der Waals surface area contributed by atoms with E-state index in [1.165, 1.54) is 22.7 Å². The van der Waals surface area contributed by atoms with Gasteiger partial charge in [-0.1, -0.05) is 6.07 Å². The summed E-state index contributed by atoms with van der Waals surface area (Å²) in [6.07, 6.45) is 2.47. The lowest BCUT2D eigenvalue weighted by Crippen LogP contribution is -2.26. The second-order valence-corrected chi connectivity index (χ2v) is 5.91. The quantitative estimate of drug-likeness (QED) is 0.884. The predicted octanol–water partition coefficient (Wildman–Crippen LogP) is 3.34. The maximum Gasteiger partial charge on any atom is 0.0964 e. The number of nitrogens with one attached hydrogen (secondary N) is 1. The minimum atomic E-state index is 0.681. The highest BCUT2D eigenvalue weighted by atomic mass is 32.1. The van der Waals surface area contributed by atoms with Crippen LogP contribution in [0.15, 0.2) is 22.9 Å². The maximum atomic E-state index is 4.78. The van der Waals surface area contributed by atoms with E-state index >= 15 is 0 Å². The normalized spacial score (nSPS) is 17.8. The number of hydrogen-bond donors (Lipinski definition) is 1. The third kappa shape index (κ3) is 2.05. The lowest BCUT2D eigenvalue weighted by atomic mass is 9.99. The van der Waals surface area contributed by atoms with Crippen molar-refractivity contribution in [3.05, 3.63) is 27.9 Å². The number of thiazole rings is 1. The first-order valence-corrected chi connectivity index (χ1v) is 7.39. The third-order valence-corrected chi connectivity index (χ3v) is 4.88. The van der Waals surface area contributed by atoms with E-state index in [9.17, 15) is 0 Å². The Morgan fingerprint density at radius 2 is 2.12 bits per heavy atom. The molecular weight excluding hydrogens is 236 g/mol. The Balaban J connectivity index is 1.82. The van der Waals surface area contributed by atoms with E-state index in [2.05, 4.69) is 28.2 Å². The first kappa shape index (κ1) is 10.4. The van der Waals surface area contributed by atoms with E-state index in [4.69, 9.17) is 4.98 Å². The lowest BCUT2D eigenvalue weighted by Gasteiger charge is -2.20. The molecule has 0 spiro atoms. The van der Waals surface area contributed by atoms with Gasteiger partial charge in [-0.05, 0) is 37.4 Å². The van der Waals surface area contributed by atoms with Crippen LogP contribution in [0.2, 0.25) is 0 Å². The molecule has 2 aromatic rings. The summed E-state index contributed by atoms with van der Waals surface area (Å²) in [5.41, 5.74) is 1.16. The maximum absolute atomic E-state index is 4.78. The second-order valence-electron chi connectivity index (χ2n) is 4.07. The number of thiophene rings is 1. The van der Waals surface area contributed by atoms with Crippen LogP contribution in [0.25, 0.3) is 10.6 Å². The number of aromatic nitrogens is 1. The summed E-state index contributed by atoms with van der Waals surface area (Å²) in [4.78, 5) is 6.07. The van der Waals surface area contributed by atoms with Crippen molar-refractivity contribution in [1.29, 1.82) is 0 Å². The summed E-state index contributed by atoms with van der Waals surface area (Å²) >= 11 is 3.59. The van der Waals surface area contributed by atoms with Gasteiger partial charge in [0.15, 0.2) is 0 Å². The fourth-order valence-electron chi connectivity index (χ4n) is 2.08. The Kier molecular flexibility index (Phi) is 3.04. The van der Waals surface area contributed by atoms with Crippen LogP contribution >= 0.6 is 22.7 Å². The monoisotopic (exact) mass is 250 g/mol. The van der Waals surface area contributed by atoms with Crippen molar-refractivity contribution in [2.45, 2.75) is 18.8 Å². The molecule has 0 radical (unpaired) electrons. The summed E-state index contributed by atoms with van der Waals surface area (Å²) in [5, 5.41) is 9.03. The van der Waals surface area contributed by atoms with Crippen LogP contribution in [-0.4, -0.2) is 18.1 Å². The molecule has 1 saturated heterocycles. The van der Waals surface area contributed by atoms with E-state index in [-0.39, 0.29) is 0 Å². The van der Waals surface area contributed by atoms with Crippen molar-refractivity contribution in [2.24, 2.45) is 0 Å². The zero-order chi connectivity index (χ0) is 10.8. The summed E-state index contributed by atoms with van der Waals surface area (Å²) < 4.78 is 0. The highest BCUT2D eigenvalue weighted by molar-refractivity contribution is 7.14. The zero-order valence-corrected chi connectivity index (χ0v) is 10.6. The van der Waals surface area contributed by atoms with E-state index in [1.54, 1.807) is 11.3 Å². The molecule has 0 aromatic carbocycles. The van der Waals surface area contributed by atoms with Crippen molar-refractivity contribution in [3.8, 4) is 10.6 Å². The Bertz CT molecular complexity index is 441. The smallest absolute Gasteiger partial charge is 0.0964 e. The summed E-state index contributed by atoms with van der Waals surface area (Å²) in [5.74, 6) is 0.681. The number of nitrogens with zero attached hydrogens (tertiary/aromatic N) is 1. The zero-order valence-electron chi connectivity index (χ0n) is 8.98. The molecule has 0 amide bonds. The van der Waals surface area contributed by atoms with Gasteiger partial charge >= 0.3 is 0 Å². The fraction of sp³-hybridized carbons (Fsp3) is 0.417. The summed E-state index contributed by atoms with van der Waals surface area (Å²) in [6, 6.07) is 4.23. The van der Waals surface area contributed by atoms with Gasteiger partial charge in [0.05, 0.1) is 15.6 Å². The minimum absolute atomic E-state index is 0.681. The molecule has 16 heavy (non-hydrogen) atoms. The summed E-state index contributed by atoms with van der Waals surface area (Å²) in [7, 11) is 0. The molecule has 2 aromatic heterocycles. The van der Waals surface area contributed by atoms with Crippen molar-refractivity contribution < 1.29 is 0 Å². The molecule has 1 aliphatic heterocycles. The van der Waals surface area contributed by atoms with Gasteiger partial charge in [-0.15, -0.1) is 22.7 Å². The predicted molar refractivity (Wildman–Crippen MR) is 70.3 cm³/mol. The molecule has 0 unspecified atom stereocenters. The third-order valence-electron chi connectivity index (χ3n) is 2.98. The SMILES string of the molecule is c1csc(-c2csc(C3CCNCC3)n2)c1. The van der Waals surface area contributed by atoms with Crippen LogP contribution in [0.1, 0.15) is 23.8 Å². The number of hydrogen-bond acceptors (Lipinski definition) is 4. The van der Waals surface area contributed by atoms with Crippen LogP contribution in [-0.2, 0) is 0 Å². The molecule has 1 N–H and O–H groups in total. The molecule has 1 aliphatic rings. The van der Waals surface area contributed by atoms with Gasteiger partial charge in [0.2, 0.25) is 0 Å². The molecule has 3 rings (SSSR count). The van der Waals surface area contributed by atoms with E-state index in [0.717, 1.165) is 18.8 Å². The van der Waals surface area contributed by atoms with Crippen molar-refractivity contribution in [1.82, 2.24) is 10.3 Å². The highest BCUT2D eigenvalue weighted by Crippen LogP contribution is 2.32. The molecule has 0 bridgehead atoms. The molecule has 0 aliphatic carbocycles. The molecule has 0 atom stereocenters. The minimum Gasteiger partial charge on any atom is -0.317 e. The van der Waals surface area contributed by atoms with E-state index in [0.29, 0.717) is 5.92 Å². The fourth-order valence-corrected chi connectivity index (χ4v) is 3.83. The van der Waals surface area contributed by atoms with Crippen LogP contribution in [0, 0.1) is 0 Å². The number of rotatable bonds is 2. The second kappa shape index (κ2) is 4.65. The van der Waals surface area contributed by atoms with Crippen LogP contribution in [0.4, 0.5) is 0 Å². The summed E-state index contributed by atoms with van der Waals surface area (Å²) in [6.45, 7) is 2.27. The first-order chi connectivity index (χ1) is 7.93. The van der Waals surface area contributed by atoms with Crippen molar-refractivity contribution in [2.75, 3.05) is 13.1 Å². The van der Waals surface area contributed by atoms with E-state index in [1.807, 2.05) is 11.3 Å². The lowest BCUT2D eigenvalue weighted by molar-refractivity contribution is 0.459. The largest absolute Gasteiger partial charge is 0.317 e. The van der Waals surface area contributed by atoms with Gasteiger partial charge in [0.1, 0.15) is 0 Å². The average molecular weight is 250 g/mol. The Morgan fingerprint density at radius 3 is 2.88 bits per heavy atom. The molecule has 1 fully saturated rings. The van der Waals surface area contributed by atoms with Gasteiger partial charge in [0, 0.05) is 11.3 Å². The van der Waals surface area contributed by atoms with E-state index < -0.39 is 0 Å². The average Bonchev–Trinajstić information content (AvgIpc) is 3.01. The Morgan fingerprint density at radius 1 is 1.25 bits per heavy atom.